The lowest BCUT2D eigenvalue weighted by Gasteiger charge is -2.08. The second-order valence-corrected chi connectivity index (χ2v) is 5.36. The minimum atomic E-state index is 0.0808. The van der Waals surface area contributed by atoms with Gasteiger partial charge in [0.05, 0.1) is 5.71 Å². The minimum Gasteiger partial charge on any atom is -0.375 e. The Kier molecular flexibility index (Phi) is 7.00. The fourth-order valence-corrected chi connectivity index (χ4v) is 1.62. The molecule has 9 heteroatoms. The van der Waals surface area contributed by atoms with Gasteiger partial charge in [0.1, 0.15) is 0 Å². The third-order valence-electron chi connectivity index (χ3n) is 2.26. The van der Waals surface area contributed by atoms with Gasteiger partial charge >= 0.3 is 0 Å². The molecule has 0 aliphatic heterocycles. The van der Waals surface area contributed by atoms with Crippen molar-refractivity contribution in [3.63, 3.8) is 0 Å². The molecule has 0 aliphatic rings. The fraction of sp³-hybridized carbons (Fsp3) is 0.167. The average molecular weight is 343 g/mol. The summed E-state index contributed by atoms with van der Waals surface area (Å²) in [6.45, 7) is 1.82. The van der Waals surface area contributed by atoms with Crippen molar-refractivity contribution in [3.05, 3.63) is 34.9 Å². The molecule has 0 aliphatic carbocycles. The normalized spacial score (nSPS) is 11.9. The van der Waals surface area contributed by atoms with Crippen LogP contribution in [-0.2, 0) is 0 Å². The van der Waals surface area contributed by atoms with Crippen LogP contribution in [0.4, 0.5) is 0 Å². The van der Waals surface area contributed by atoms with Crippen molar-refractivity contribution in [3.8, 4) is 0 Å². The van der Waals surface area contributed by atoms with Crippen molar-refractivity contribution < 1.29 is 0 Å². The molecule has 0 unspecified atom stereocenters. The fourth-order valence-electron chi connectivity index (χ4n) is 1.40. The van der Waals surface area contributed by atoms with E-state index in [1.807, 2.05) is 19.1 Å². The van der Waals surface area contributed by atoms with Crippen LogP contribution in [0.25, 0.3) is 0 Å². The Bertz CT molecular complexity index is 582. The molecule has 0 saturated carbocycles. The van der Waals surface area contributed by atoms with Crippen molar-refractivity contribution in [2.24, 2.45) is 21.7 Å². The van der Waals surface area contributed by atoms with Crippen molar-refractivity contribution in [1.82, 2.24) is 10.9 Å². The minimum absolute atomic E-state index is 0.0808. The van der Waals surface area contributed by atoms with Gasteiger partial charge in [-0.1, -0.05) is 23.7 Å². The summed E-state index contributed by atoms with van der Waals surface area (Å²) in [4.78, 5) is 0. The summed E-state index contributed by atoms with van der Waals surface area (Å²) in [5.74, 6) is 0. The van der Waals surface area contributed by atoms with Crippen LogP contribution < -0.4 is 22.3 Å². The topological polar surface area (TPSA) is 101 Å². The molecule has 0 spiro atoms. The highest BCUT2D eigenvalue weighted by molar-refractivity contribution is 7.80. The van der Waals surface area contributed by atoms with Gasteiger partial charge in [0, 0.05) is 17.2 Å². The van der Waals surface area contributed by atoms with E-state index < -0.39 is 0 Å². The van der Waals surface area contributed by atoms with Crippen LogP contribution in [-0.4, -0.2) is 21.6 Å². The molecule has 6 N–H and O–H groups in total. The molecule has 1 aromatic carbocycles. The van der Waals surface area contributed by atoms with Crippen molar-refractivity contribution in [2.75, 3.05) is 0 Å². The van der Waals surface area contributed by atoms with E-state index in [0.29, 0.717) is 17.2 Å². The molecule has 0 heterocycles. The summed E-state index contributed by atoms with van der Waals surface area (Å²) in [6.07, 6.45) is 0.451. The second-order valence-electron chi connectivity index (χ2n) is 4.04. The van der Waals surface area contributed by atoms with Gasteiger partial charge in [-0.2, -0.15) is 10.2 Å². The third-order valence-corrected chi connectivity index (χ3v) is 2.69. The predicted molar refractivity (Wildman–Crippen MR) is 95.6 cm³/mol. The van der Waals surface area contributed by atoms with E-state index in [9.17, 15) is 0 Å². The summed E-state index contributed by atoms with van der Waals surface area (Å²) in [5, 5.41) is 9.03. The molecular formula is C12H15ClN6S2. The molecule has 1 aromatic rings. The first-order valence-electron chi connectivity index (χ1n) is 5.85. The Morgan fingerprint density at radius 1 is 1.10 bits per heavy atom. The number of nitrogens with two attached hydrogens (primary N) is 2. The van der Waals surface area contributed by atoms with Crippen LogP contribution in [0.2, 0.25) is 5.02 Å². The summed E-state index contributed by atoms with van der Waals surface area (Å²) >= 11 is 15.3. The third kappa shape index (κ3) is 6.98. The zero-order valence-corrected chi connectivity index (χ0v) is 13.6. The molecule has 0 fully saturated rings. The van der Waals surface area contributed by atoms with Crippen molar-refractivity contribution >= 4 is 57.7 Å². The number of thiocarbonyl (C=S) groups is 2. The largest absolute Gasteiger partial charge is 0.375 e. The zero-order valence-electron chi connectivity index (χ0n) is 11.3. The van der Waals surface area contributed by atoms with E-state index >= 15 is 0 Å². The van der Waals surface area contributed by atoms with Gasteiger partial charge in [0.25, 0.3) is 0 Å². The summed E-state index contributed by atoms with van der Waals surface area (Å²) < 4.78 is 0. The SMILES string of the molecule is C/C(C/C(=N\NC(N)=S)c1ccc(Cl)cc1)=N\NC(N)=S. The second kappa shape index (κ2) is 8.50. The van der Waals surface area contributed by atoms with Crippen LogP contribution in [0.3, 0.4) is 0 Å². The number of benzene rings is 1. The van der Waals surface area contributed by atoms with E-state index in [-0.39, 0.29) is 10.2 Å². The van der Waals surface area contributed by atoms with Gasteiger partial charge < -0.3 is 11.5 Å². The van der Waals surface area contributed by atoms with Gasteiger partial charge in [0.2, 0.25) is 0 Å². The first-order chi connectivity index (χ1) is 9.88. The highest BCUT2D eigenvalue weighted by Gasteiger charge is 2.07. The van der Waals surface area contributed by atoms with Crippen molar-refractivity contribution in [2.45, 2.75) is 13.3 Å². The van der Waals surface area contributed by atoms with Gasteiger partial charge in [-0.25, -0.2) is 0 Å². The molecule has 21 heavy (non-hydrogen) atoms. The van der Waals surface area contributed by atoms with Gasteiger partial charge in [-0.3, -0.25) is 10.9 Å². The van der Waals surface area contributed by atoms with Crippen molar-refractivity contribution in [1.29, 1.82) is 0 Å². The molecule has 0 saturated heterocycles. The summed E-state index contributed by atoms with van der Waals surface area (Å²) in [7, 11) is 0. The number of nitrogens with one attached hydrogen (secondary N) is 2. The first-order valence-corrected chi connectivity index (χ1v) is 7.04. The van der Waals surface area contributed by atoms with E-state index in [2.05, 4.69) is 33.3 Å². The highest BCUT2D eigenvalue weighted by Crippen LogP contribution is 2.12. The monoisotopic (exact) mass is 342 g/mol. The number of halogens is 1. The van der Waals surface area contributed by atoms with E-state index in [1.165, 1.54) is 0 Å². The van der Waals surface area contributed by atoms with Crippen LogP contribution >= 0.6 is 36.0 Å². The summed E-state index contributed by atoms with van der Waals surface area (Å²) in [6, 6.07) is 7.23. The highest BCUT2D eigenvalue weighted by atomic mass is 35.5. The van der Waals surface area contributed by atoms with Crippen LogP contribution in [0.1, 0.15) is 18.9 Å². The number of hydrazone groups is 2. The van der Waals surface area contributed by atoms with E-state index in [1.54, 1.807) is 12.1 Å². The molecule has 0 radical (unpaired) electrons. The van der Waals surface area contributed by atoms with Crippen LogP contribution in [0.15, 0.2) is 34.5 Å². The Morgan fingerprint density at radius 3 is 2.14 bits per heavy atom. The molecule has 112 valence electrons. The lowest BCUT2D eigenvalue weighted by atomic mass is 10.1. The van der Waals surface area contributed by atoms with E-state index in [0.717, 1.165) is 11.3 Å². The number of hydrogen-bond donors (Lipinski definition) is 4. The zero-order chi connectivity index (χ0) is 15.8. The number of nitrogens with zero attached hydrogens (tertiary/aromatic N) is 2. The average Bonchev–Trinajstić information content (AvgIpc) is 2.42. The van der Waals surface area contributed by atoms with Gasteiger partial charge in [0.15, 0.2) is 10.2 Å². The number of hydrogen-bond acceptors (Lipinski definition) is 4. The van der Waals surface area contributed by atoms with Crippen LogP contribution in [0, 0.1) is 0 Å². The molecular weight excluding hydrogens is 328 g/mol. The number of rotatable bonds is 5. The smallest absolute Gasteiger partial charge is 0.184 e. The molecule has 6 nitrogen and oxygen atoms in total. The molecule has 0 aromatic heterocycles. The molecule has 0 atom stereocenters. The molecule has 0 bridgehead atoms. The lowest BCUT2D eigenvalue weighted by molar-refractivity contribution is 1.01. The maximum absolute atomic E-state index is 5.88. The maximum atomic E-state index is 5.88. The lowest BCUT2D eigenvalue weighted by Crippen LogP contribution is -2.27. The Hall–Kier alpha value is -1.77. The molecule has 0 amide bonds. The summed E-state index contributed by atoms with van der Waals surface area (Å²) in [5.41, 5.74) is 18.1. The Balaban J connectivity index is 2.95. The quantitative estimate of drug-likeness (QED) is 0.367. The van der Waals surface area contributed by atoms with Gasteiger partial charge in [-0.15, -0.1) is 0 Å². The standard InChI is InChI=1S/C12H15ClN6S2/c1-7(16-18-11(14)20)6-10(17-19-12(15)21)8-2-4-9(13)5-3-8/h2-5H,6H2,1H3,(H3,14,18,20)(H3,15,19,21)/b16-7+,17-10+. The van der Waals surface area contributed by atoms with Gasteiger partial charge in [-0.05, 0) is 49.1 Å². The maximum Gasteiger partial charge on any atom is 0.184 e. The Labute approximate surface area is 138 Å². The molecule has 1 rings (SSSR count). The predicted octanol–water partition coefficient (Wildman–Crippen LogP) is 1.48. The van der Waals surface area contributed by atoms with Crippen LogP contribution in [0.5, 0.6) is 0 Å². The van der Waals surface area contributed by atoms with E-state index in [4.69, 9.17) is 35.3 Å². The Morgan fingerprint density at radius 2 is 1.62 bits per heavy atom. The first kappa shape index (κ1) is 17.3.